The summed E-state index contributed by atoms with van der Waals surface area (Å²) in [5.74, 6) is -0.218. The van der Waals surface area contributed by atoms with Gasteiger partial charge in [0.2, 0.25) is 5.91 Å². The van der Waals surface area contributed by atoms with E-state index in [1.807, 2.05) is 12.1 Å². The number of nitrogens with zero attached hydrogens (tertiary/aromatic N) is 2. The number of aromatic nitrogens is 2. The van der Waals surface area contributed by atoms with E-state index in [4.69, 9.17) is 0 Å². The quantitative estimate of drug-likeness (QED) is 0.875. The van der Waals surface area contributed by atoms with Gasteiger partial charge in [0.15, 0.2) is 15.7 Å². The summed E-state index contributed by atoms with van der Waals surface area (Å²) < 4.78 is 25.7. The number of anilines is 1. The van der Waals surface area contributed by atoms with Crippen molar-refractivity contribution in [1.82, 2.24) is 9.61 Å². The highest BCUT2D eigenvalue weighted by molar-refractivity contribution is 9.10. The molecule has 0 radical (unpaired) electrons. The van der Waals surface area contributed by atoms with E-state index in [0.29, 0.717) is 18.7 Å². The monoisotopic (exact) mass is 385 g/mol. The lowest BCUT2D eigenvalue weighted by Crippen LogP contribution is -2.46. The van der Waals surface area contributed by atoms with Gasteiger partial charge in [0.05, 0.1) is 10.8 Å². The van der Waals surface area contributed by atoms with Gasteiger partial charge in [-0.1, -0.05) is 0 Å². The van der Waals surface area contributed by atoms with Crippen molar-refractivity contribution in [2.75, 3.05) is 5.32 Å². The lowest BCUT2D eigenvalue weighted by molar-refractivity contribution is -0.117. The average molecular weight is 386 g/mol. The lowest BCUT2D eigenvalue weighted by Gasteiger charge is -2.23. The first kappa shape index (κ1) is 15.5. The van der Waals surface area contributed by atoms with Crippen molar-refractivity contribution in [1.29, 1.82) is 0 Å². The normalized spacial score (nSPS) is 16.0. The van der Waals surface area contributed by atoms with Crippen LogP contribution >= 0.6 is 15.9 Å². The van der Waals surface area contributed by atoms with Crippen LogP contribution in [0.25, 0.3) is 5.52 Å². The Labute approximate surface area is 136 Å². The number of halogens is 1. The fourth-order valence-corrected chi connectivity index (χ4v) is 4.44. The van der Waals surface area contributed by atoms with Gasteiger partial charge in [-0.15, -0.1) is 5.10 Å². The molecule has 0 bridgehead atoms. The van der Waals surface area contributed by atoms with Gasteiger partial charge in [0, 0.05) is 16.7 Å². The van der Waals surface area contributed by atoms with Gasteiger partial charge in [-0.3, -0.25) is 4.79 Å². The predicted molar refractivity (Wildman–Crippen MR) is 87.5 cm³/mol. The minimum absolute atomic E-state index is 0.335. The molecular formula is C14H16BrN3O3S. The van der Waals surface area contributed by atoms with Crippen LogP contribution in [-0.2, 0) is 14.6 Å². The summed E-state index contributed by atoms with van der Waals surface area (Å²) in [5.41, 5.74) is 0.807. The number of nitrogens with one attached hydrogen (secondary N) is 1. The molecule has 3 rings (SSSR count). The van der Waals surface area contributed by atoms with E-state index in [9.17, 15) is 13.2 Å². The highest BCUT2D eigenvalue weighted by Gasteiger charge is 2.50. The number of hydrogen-bond donors (Lipinski definition) is 1. The van der Waals surface area contributed by atoms with Gasteiger partial charge < -0.3 is 5.32 Å². The molecule has 1 fully saturated rings. The Morgan fingerprint density at radius 3 is 2.73 bits per heavy atom. The van der Waals surface area contributed by atoms with Crippen molar-refractivity contribution >= 4 is 43.0 Å². The maximum absolute atomic E-state index is 12.4. The molecule has 0 unspecified atom stereocenters. The molecule has 0 saturated heterocycles. The van der Waals surface area contributed by atoms with Crippen LogP contribution in [0.4, 0.5) is 5.82 Å². The van der Waals surface area contributed by atoms with Gasteiger partial charge in [-0.2, -0.15) is 0 Å². The van der Waals surface area contributed by atoms with Crippen LogP contribution in [0.3, 0.4) is 0 Å². The molecule has 0 aromatic carbocycles. The molecule has 22 heavy (non-hydrogen) atoms. The van der Waals surface area contributed by atoms with Crippen LogP contribution in [0.15, 0.2) is 28.9 Å². The highest BCUT2D eigenvalue weighted by Crippen LogP contribution is 2.36. The number of amides is 1. The number of hydrogen-bond acceptors (Lipinski definition) is 4. The zero-order chi connectivity index (χ0) is 16.1. The lowest BCUT2D eigenvalue weighted by atomic mass is 10.2. The highest BCUT2D eigenvalue weighted by atomic mass is 79.9. The predicted octanol–water partition coefficient (Wildman–Crippen LogP) is 2.39. The zero-order valence-electron chi connectivity index (χ0n) is 12.2. The smallest absolute Gasteiger partial charge is 0.246 e. The van der Waals surface area contributed by atoms with Gasteiger partial charge in [0.25, 0.3) is 0 Å². The molecule has 0 spiro atoms. The number of carbonyl (C=O) groups excluding carboxylic acids is 1. The Hall–Kier alpha value is -1.41. The fourth-order valence-electron chi connectivity index (χ4n) is 2.21. The topological polar surface area (TPSA) is 80.5 Å². The molecule has 2 heterocycles. The van der Waals surface area contributed by atoms with Crippen LogP contribution in [-0.4, -0.2) is 33.9 Å². The average Bonchev–Trinajstić information content (AvgIpc) is 3.21. The van der Waals surface area contributed by atoms with Crippen molar-refractivity contribution in [3.05, 3.63) is 28.9 Å². The number of carbonyl (C=O) groups is 1. The van der Waals surface area contributed by atoms with Crippen LogP contribution in [0, 0.1) is 0 Å². The van der Waals surface area contributed by atoms with E-state index in [1.54, 1.807) is 16.8 Å². The number of fused-ring (bicyclic) bond motifs is 1. The van der Waals surface area contributed by atoms with E-state index in [2.05, 4.69) is 26.3 Å². The molecule has 1 aliphatic carbocycles. The summed E-state index contributed by atoms with van der Waals surface area (Å²) >= 11 is 3.35. The van der Waals surface area contributed by atoms with Crippen molar-refractivity contribution < 1.29 is 13.2 Å². The Morgan fingerprint density at radius 1 is 1.41 bits per heavy atom. The number of sulfone groups is 1. The van der Waals surface area contributed by atoms with Crippen molar-refractivity contribution in [2.45, 2.75) is 36.7 Å². The number of pyridine rings is 1. The molecule has 0 atom stereocenters. The Morgan fingerprint density at radius 2 is 2.09 bits per heavy atom. The largest absolute Gasteiger partial charge is 0.308 e. The summed E-state index contributed by atoms with van der Waals surface area (Å²) in [7, 11) is -3.48. The summed E-state index contributed by atoms with van der Waals surface area (Å²) in [4.78, 5) is 12.4. The van der Waals surface area contributed by atoms with Crippen LogP contribution in [0.5, 0.6) is 0 Å². The first-order valence-electron chi connectivity index (χ1n) is 6.91. The second-order valence-corrected chi connectivity index (χ2v) is 9.65. The first-order valence-corrected chi connectivity index (χ1v) is 9.25. The SMILES string of the molecule is CC(C)(C(=O)Nc1cc2ccc(Br)cn2n1)S(=O)(=O)C1CC1. The minimum atomic E-state index is -3.48. The molecule has 1 N–H and O–H groups in total. The maximum atomic E-state index is 12.4. The zero-order valence-corrected chi connectivity index (χ0v) is 14.6. The van der Waals surface area contributed by atoms with E-state index in [-0.39, 0.29) is 5.25 Å². The van der Waals surface area contributed by atoms with E-state index in [0.717, 1.165) is 9.99 Å². The second-order valence-electron chi connectivity index (χ2n) is 5.96. The molecule has 1 amide bonds. The third-order valence-electron chi connectivity index (χ3n) is 3.89. The van der Waals surface area contributed by atoms with E-state index >= 15 is 0 Å². The third kappa shape index (κ3) is 2.54. The van der Waals surface area contributed by atoms with Crippen molar-refractivity contribution in [3.8, 4) is 0 Å². The van der Waals surface area contributed by atoms with Crippen LogP contribution in [0.1, 0.15) is 26.7 Å². The molecule has 8 heteroatoms. The fraction of sp³-hybridized carbons (Fsp3) is 0.429. The molecule has 2 aromatic rings. The third-order valence-corrected chi connectivity index (χ3v) is 7.31. The van der Waals surface area contributed by atoms with Crippen molar-refractivity contribution in [2.24, 2.45) is 0 Å². The second kappa shape index (κ2) is 5.06. The van der Waals surface area contributed by atoms with Gasteiger partial charge in [0.1, 0.15) is 4.75 Å². The van der Waals surface area contributed by atoms with Gasteiger partial charge in [-0.25, -0.2) is 12.9 Å². The molecule has 6 nitrogen and oxygen atoms in total. The van der Waals surface area contributed by atoms with E-state index < -0.39 is 20.5 Å². The van der Waals surface area contributed by atoms with Crippen molar-refractivity contribution in [3.63, 3.8) is 0 Å². The summed E-state index contributed by atoms with van der Waals surface area (Å²) in [6.45, 7) is 2.89. The molecule has 1 saturated carbocycles. The van der Waals surface area contributed by atoms with Gasteiger partial charge >= 0.3 is 0 Å². The maximum Gasteiger partial charge on any atom is 0.246 e. The first-order chi connectivity index (χ1) is 10.2. The van der Waals surface area contributed by atoms with E-state index in [1.165, 1.54) is 13.8 Å². The molecule has 1 aliphatic rings. The van der Waals surface area contributed by atoms with Gasteiger partial charge in [-0.05, 0) is 54.8 Å². The Kier molecular flexibility index (Phi) is 3.56. The van der Waals surface area contributed by atoms with Crippen LogP contribution < -0.4 is 5.32 Å². The summed E-state index contributed by atoms with van der Waals surface area (Å²) in [6.07, 6.45) is 3.04. The summed E-state index contributed by atoms with van der Waals surface area (Å²) in [6, 6.07) is 5.41. The van der Waals surface area contributed by atoms with Crippen LogP contribution in [0.2, 0.25) is 0 Å². The number of rotatable bonds is 4. The molecule has 2 aromatic heterocycles. The minimum Gasteiger partial charge on any atom is -0.308 e. The Balaban J connectivity index is 1.86. The molecular weight excluding hydrogens is 370 g/mol. The standard InChI is InChI=1S/C14H16BrN3O3S/c1-14(2,22(20,21)11-5-6-11)13(19)16-12-7-10-4-3-9(15)8-18(10)17-12/h3-4,7-8,11H,5-6H2,1-2H3,(H,16,17,19). The Bertz CT molecular complexity index is 853. The molecule has 118 valence electrons. The molecule has 0 aliphatic heterocycles. The summed E-state index contributed by atoms with van der Waals surface area (Å²) in [5, 5.41) is 6.46.